The first-order valence-electron chi connectivity index (χ1n) is 10.4. The van der Waals surface area contributed by atoms with Crippen LogP contribution in [0.1, 0.15) is 36.0 Å². The molecule has 2 heterocycles. The second-order valence-electron chi connectivity index (χ2n) is 8.12. The van der Waals surface area contributed by atoms with E-state index in [1.54, 1.807) is 18.2 Å². The van der Waals surface area contributed by atoms with Crippen LogP contribution in [-0.2, 0) is 28.5 Å². The molecule has 0 aromatic heterocycles. The third-order valence-electron chi connectivity index (χ3n) is 5.58. The zero-order chi connectivity index (χ0) is 25.1. The molecule has 11 heteroatoms. The maximum atomic E-state index is 12.9. The van der Waals surface area contributed by atoms with Gasteiger partial charge in [0.05, 0.1) is 23.8 Å². The van der Waals surface area contributed by atoms with Crippen LogP contribution in [0.2, 0.25) is 0 Å². The van der Waals surface area contributed by atoms with Gasteiger partial charge < -0.3 is 14.7 Å². The van der Waals surface area contributed by atoms with Gasteiger partial charge in [0, 0.05) is 12.6 Å². The molecule has 0 spiro atoms. The largest absolute Gasteiger partial charge is 0.416 e. The van der Waals surface area contributed by atoms with Gasteiger partial charge >= 0.3 is 12.4 Å². The molecule has 2 saturated heterocycles. The number of piperidine rings is 1. The first kappa shape index (κ1) is 26.0. The number of halogens is 7. The predicted octanol–water partition coefficient (Wildman–Crippen LogP) is 5.19. The summed E-state index contributed by atoms with van der Waals surface area (Å²) in [5, 5.41) is 9.59. The molecule has 2 aromatic rings. The molecule has 2 fully saturated rings. The Labute approximate surface area is 190 Å². The lowest BCUT2D eigenvalue weighted by Crippen LogP contribution is -2.47. The lowest BCUT2D eigenvalue weighted by Gasteiger charge is -2.31. The van der Waals surface area contributed by atoms with Gasteiger partial charge in [-0.3, -0.25) is 4.79 Å². The molecule has 0 saturated carbocycles. The molecule has 1 N–H and O–H groups in total. The Kier molecular flexibility index (Phi) is 7.87. The van der Waals surface area contributed by atoms with E-state index in [0.29, 0.717) is 31.4 Å². The van der Waals surface area contributed by atoms with Crippen LogP contribution in [0.15, 0.2) is 48.5 Å². The molecule has 186 valence electrons. The molecule has 0 aliphatic carbocycles. The van der Waals surface area contributed by atoms with Crippen molar-refractivity contribution in [1.82, 2.24) is 4.90 Å². The van der Waals surface area contributed by atoms with Crippen molar-refractivity contribution in [2.45, 2.75) is 56.5 Å². The number of carbonyl (C=O) groups is 1. The topological polar surface area (TPSA) is 49.8 Å². The second-order valence-corrected chi connectivity index (χ2v) is 8.12. The van der Waals surface area contributed by atoms with Crippen molar-refractivity contribution in [3.63, 3.8) is 0 Å². The fraction of sp³-hybridized carbons (Fsp3) is 0.435. The minimum atomic E-state index is -4.91. The van der Waals surface area contributed by atoms with Crippen LogP contribution in [0.3, 0.4) is 0 Å². The number of nitrogens with zero attached hydrogens (tertiary/aromatic N) is 1. The minimum absolute atomic E-state index is 0.0688. The van der Waals surface area contributed by atoms with Gasteiger partial charge in [0.1, 0.15) is 11.9 Å². The molecule has 3 atom stereocenters. The Morgan fingerprint density at radius 3 is 2.03 bits per heavy atom. The summed E-state index contributed by atoms with van der Waals surface area (Å²) in [5.74, 6) is -0.599. The van der Waals surface area contributed by atoms with Gasteiger partial charge in [-0.2, -0.15) is 26.3 Å². The van der Waals surface area contributed by atoms with Crippen LogP contribution in [0.25, 0.3) is 0 Å². The van der Waals surface area contributed by atoms with Crippen molar-refractivity contribution in [2.24, 2.45) is 0 Å². The molecule has 2 aliphatic rings. The third-order valence-corrected chi connectivity index (χ3v) is 5.58. The number of aliphatic hydroxyl groups excluding tert-OH is 1. The van der Waals surface area contributed by atoms with E-state index in [1.165, 1.54) is 17.0 Å². The zero-order valence-corrected chi connectivity index (χ0v) is 17.7. The highest BCUT2D eigenvalue weighted by atomic mass is 19.4. The molecule has 2 aromatic carbocycles. The standard InChI is InChI=1S/C17H17F6NO3.C6H5F/c18-16(19,20)10-3-9(4-11(5-10)17(21,22)23)8-27-13-6-12-1-2-14(25)15(26)24(12)7-13;7-6-4-2-1-3-5-6/h3-5,12-14,25H,1-2,6-8H2;1-5H. The van der Waals surface area contributed by atoms with E-state index < -0.39 is 48.2 Å². The monoisotopic (exact) mass is 493 g/mol. The summed E-state index contributed by atoms with van der Waals surface area (Å²) in [5.41, 5.74) is -3.02. The molecule has 4 nitrogen and oxygen atoms in total. The van der Waals surface area contributed by atoms with Crippen LogP contribution < -0.4 is 0 Å². The number of carbonyl (C=O) groups excluding carboxylic acids is 1. The lowest BCUT2D eigenvalue weighted by atomic mass is 10.00. The number of benzene rings is 2. The Bertz CT molecular complexity index is 947. The zero-order valence-electron chi connectivity index (χ0n) is 17.7. The van der Waals surface area contributed by atoms with E-state index in [2.05, 4.69) is 0 Å². The second kappa shape index (κ2) is 10.3. The van der Waals surface area contributed by atoms with Crippen molar-refractivity contribution < 1.29 is 45.4 Å². The van der Waals surface area contributed by atoms with Crippen LogP contribution in [-0.4, -0.2) is 40.7 Å². The van der Waals surface area contributed by atoms with E-state index in [1.807, 2.05) is 0 Å². The molecule has 3 unspecified atom stereocenters. The molecule has 4 rings (SSSR count). The smallest absolute Gasteiger partial charge is 0.383 e. The van der Waals surface area contributed by atoms with Crippen LogP contribution in [0.4, 0.5) is 30.7 Å². The first-order chi connectivity index (χ1) is 15.8. The summed E-state index contributed by atoms with van der Waals surface area (Å²) in [4.78, 5) is 13.4. The number of ether oxygens (including phenoxy) is 1. The summed E-state index contributed by atoms with van der Waals surface area (Å²) < 4.78 is 94.7. The SMILES string of the molecule is Fc1ccccc1.O=C1C(O)CCC2CC(OCc3cc(C(F)(F)F)cc(C(F)(F)F)c3)CN12. The van der Waals surface area contributed by atoms with Gasteiger partial charge in [-0.15, -0.1) is 0 Å². The summed E-state index contributed by atoms with van der Waals surface area (Å²) in [7, 11) is 0. The maximum Gasteiger partial charge on any atom is 0.416 e. The van der Waals surface area contributed by atoms with Gasteiger partial charge in [-0.1, -0.05) is 18.2 Å². The molecule has 0 radical (unpaired) electrons. The Morgan fingerprint density at radius 1 is 0.941 bits per heavy atom. The lowest BCUT2D eigenvalue weighted by molar-refractivity contribution is -0.146. The van der Waals surface area contributed by atoms with E-state index in [4.69, 9.17) is 4.74 Å². The van der Waals surface area contributed by atoms with Gasteiger partial charge in [0.2, 0.25) is 0 Å². The van der Waals surface area contributed by atoms with Gasteiger partial charge in [-0.25, -0.2) is 4.39 Å². The fourth-order valence-corrected chi connectivity index (χ4v) is 3.93. The van der Waals surface area contributed by atoms with Crippen molar-refractivity contribution in [1.29, 1.82) is 0 Å². The molecule has 2 aliphatic heterocycles. The number of amides is 1. The first-order valence-corrected chi connectivity index (χ1v) is 10.4. The number of hydrogen-bond donors (Lipinski definition) is 1. The summed E-state index contributed by atoms with van der Waals surface area (Å²) >= 11 is 0. The van der Waals surface area contributed by atoms with Crippen LogP contribution in [0, 0.1) is 5.82 Å². The summed E-state index contributed by atoms with van der Waals surface area (Å²) in [6.45, 7) is -0.277. The number of hydrogen-bond acceptors (Lipinski definition) is 3. The highest BCUT2D eigenvalue weighted by molar-refractivity contribution is 5.82. The summed E-state index contributed by atoms with van der Waals surface area (Å²) in [6, 6.07) is 9.14. The van der Waals surface area contributed by atoms with Gasteiger partial charge in [0.25, 0.3) is 5.91 Å². The molecule has 34 heavy (non-hydrogen) atoms. The van der Waals surface area contributed by atoms with Crippen molar-refractivity contribution in [3.8, 4) is 0 Å². The highest BCUT2D eigenvalue weighted by Gasteiger charge is 2.42. The molecular formula is C23H22F7NO3. The quantitative estimate of drug-likeness (QED) is 0.599. The average Bonchev–Trinajstić information content (AvgIpc) is 3.18. The van der Waals surface area contributed by atoms with Crippen LogP contribution in [0.5, 0.6) is 0 Å². The molecule has 0 bridgehead atoms. The van der Waals surface area contributed by atoms with Gasteiger partial charge in [0.15, 0.2) is 0 Å². The third kappa shape index (κ3) is 6.69. The number of rotatable bonds is 3. The predicted molar refractivity (Wildman–Crippen MR) is 107 cm³/mol. The van der Waals surface area contributed by atoms with E-state index in [0.717, 1.165) is 0 Å². The van der Waals surface area contributed by atoms with E-state index in [9.17, 15) is 40.6 Å². The Morgan fingerprint density at radius 2 is 1.53 bits per heavy atom. The Balaban J connectivity index is 0.000000396. The molecule has 1 amide bonds. The fourth-order valence-electron chi connectivity index (χ4n) is 3.93. The molecular weight excluding hydrogens is 471 g/mol. The average molecular weight is 493 g/mol. The number of aliphatic hydroxyl groups is 1. The van der Waals surface area contributed by atoms with Crippen molar-refractivity contribution in [3.05, 3.63) is 71.0 Å². The van der Waals surface area contributed by atoms with Crippen LogP contribution >= 0.6 is 0 Å². The maximum absolute atomic E-state index is 12.9. The number of alkyl halides is 6. The minimum Gasteiger partial charge on any atom is -0.383 e. The number of fused-ring (bicyclic) bond motifs is 1. The normalized spacial score (nSPS) is 22.8. The van der Waals surface area contributed by atoms with Crippen molar-refractivity contribution in [2.75, 3.05) is 6.54 Å². The highest BCUT2D eigenvalue weighted by Crippen LogP contribution is 2.37. The van der Waals surface area contributed by atoms with Crippen molar-refractivity contribution >= 4 is 5.91 Å². The van der Waals surface area contributed by atoms with E-state index in [-0.39, 0.29) is 30.0 Å². The summed E-state index contributed by atoms with van der Waals surface area (Å²) in [6.07, 6.45) is -10.1. The van der Waals surface area contributed by atoms with E-state index >= 15 is 0 Å². The van der Waals surface area contributed by atoms with Gasteiger partial charge in [-0.05, 0) is 55.2 Å². The Hall–Kier alpha value is -2.66.